The summed E-state index contributed by atoms with van der Waals surface area (Å²) in [5, 5.41) is 11.1. The first-order valence-electron chi connectivity index (χ1n) is 6.04. The first kappa shape index (κ1) is 17.9. The van der Waals surface area contributed by atoms with Crippen LogP contribution < -0.4 is 5.32 Å². The molecule has 0 aliphatic carbocycles. The predicted molar refractivity (Wildman–Crippen MR) is 88.7 cm³/mol. The maximum absolute atomic E-state index is 4.24. The summed E-state index contributed by atoms with van der Waals surface area (Å²) in [6.07, 6.45) is 5.71. The lowest BCUT2D eigenvalue weighted by molar-refractivity contribution is 0.468. The van der Waals surface area contributed by atoms with Crippen LogP contribution in [0.1, 0.15) is 18.7 Å². The van der Waals surface area contributed by atoms with Crippen molar-refractivity contribution in [2.45, 2.75) is 19.4 Å². The molecule has 0 saturated carbocycles. The average Bonchev–Trinajstić information content (AvgIpc) is 2.76. The van der Waals surface area contributed by atoms with Gasteiger partial charge in [-0.25, -0.2) is 0 Å². The molecular weight excluding hydrogens is 355 g/mol. The first-order valence-corrected chi connectivity index (χ1v) is 6.04. The van der Waals surface area contributed by atoms with Crippen molar-refractivity contribution in [3.8, 4) is 0 Å². The third-order valence-corrected chi connectivity index (χ3v) is 2.68. The average molecular weight is 378 g/mol. The van der Waals surface area contributed by atoms with Gasteiger partial charge in [-0.1, -0.05) is 6.08 Å². The fourth-order valence-electron chi connectivity index (χ4n) is 1.59. The smallest absolute Gasteiger partial charge is 0.193 e. The van der Waals surface area contributed by atoms with E-state index in [4.69, 9.17) is 0 Å². The van der Waals surface area contributed by atoms with Gasteiger partial charge in [0.25, 0.3) is 0 Å². The van der Waals surface area contributed by atoms with Gasteiger partial charge >= 0.3 is 0 Å². The standard InChI is InChI=1S/C12H22N6.HI/c1-5-6-7-8-17(3)12(13-2)14-9-11-16-15-10-18(11)4;/h5,10H,1,6-9H2,2-4H3,(H,13,14);1H. The second kappa shape index (κ2) is 9.76. The molecule has 0 aliphatic rings. The lowest BCUT2D eigenvalue weighted by Gasteiger charge is -2.21. The molecule has 1 rings (SSSR count). The van der Waals surface area contributed by atoms with Crippen molar-refractivity contribution in [3.05, 3.63) is 24.8 Å². The number of guanidine groups is 1. The minimum absolute atomic E-state index is 0. The summed E-state index contributed by atoms with van der Waals surface area (Å²) in [6, 6.07) is 0. The van der Waals surface area contributed by atoms with Crippen LogP contribution in [0.4, 0.5) is 0 Å². The van der Waals surface area contributed by atoms with Crippen LogP contribution in [0.25, 0.3) is 0 Å². The van der Waals surface area contributed by atoms with E-state index in [9.17, 15) is 0 Å². The van der Waals surface area contributed by atoms with Gasteiger partial charge in [0, 0.05) is 27.7 Å². The number of hydrogen-bond donors (Lipinski definition) is 1. The number of nitrogens with zero attached hydrogens (tertiary/aromatic N) is 5. The molecule has 19 heavy (non-hydrogen) atoms. The van der Waals surface area contributed by atoms with Crippen LogP contribution in [-0.2, 0) is 13.6 Å². The minimum Gasteiger partial charge on any atom is -0.349 e. The second-order valence-corrected chi connectivity index (χ2v) is 4.11. The van der Waals surface area contributed by atoms with E-state index in [1.165, 1.54) is 0 Å². The van der Waals surface area contributed by atoms with E-state index in [-0.39, 0.29) is 24.0 Å². The van der Waals surface area contributed by atoms with Crippen molar-refractivity contribution < 1.29 is 0 Å². The van der Waals surface area contributed by atoms with E-state index in [1.807, 2.05) is 24.7 Å². The lowest BCUT2D eigenvalue weighted by Crippen LogP contribution is -2.39. The van der Waals surface area contributed by atoms with Gasteiger partial charge in [-0.2, -0.15) is 0 Å². The molecule has 0 fully saturated rings. The van der Waals surface area contributed by atoms with Gasteiger partial charge < -0.3 is 14.8 Å². The maximum atomic E-state index is 4.24. The molecule has 1 heterocycles. The van der Waals surface area contributed by atoms with E-state index in [0.717, 1.165) is 31.2 Å². The number of aromatic nitrogens is 3. The van der Waals surface area contributed by atoms with E-state index in [2.05, 4.69) is 32.0 Å². The monoisotopic (exact) mass is 378 g/mol. The lowest BCUT2D eigenvalue weighted by atomic mass is 10.3. The Bertz CT molecular complexity index is 401. The fourth-order valence-corrected chi connectivity index (χ4v) is 1.59. The minimum atomic E-state index is 0. The molecule has 0 aromatic carbocycles. The summed E-state index contributed by atoms with van der Waals surface area (Å²) < 4.78 is 1.89. The number of hydrogen-bond acceptors (Lipinski definition) is 3. The van der Waals surface area contributed by atoms with E-state index in [0.29, 0.717) is 6.54 Å². The van der Waals surface area contributed by atoms with Crippen LogP contribution in [0.15, 0.2) is 24.0 Å². The van der Waals surface area contributed by atoms with Crippen LogP contribution in [0.3, 0.4) is 0 Å². The van der Waals surface area contributed by atoms with Gasteiger partial charge in [0.2, 0.25) is 0 Å². The van der Waals surface area contributed by atoms with Crippen molar-refractivity contribution in [1.82, 2.24) is 25.0 Å². The van der Waals surface area contributed by atoms with Crippen molar-refractivity contribution in [1.29, 1.82) is 0 Å². The Labute approximate surface area is 132 Å². The SMILES string of the molecule is C=CCCCN(C)C(=NC)NCc1nncn1C.I. The zero-order valence-corrected chi connectivity index (χ0v) is 14.2. The normalized spacial score (nSPS) is 10.8. The number of nitrogens with one attached hydrogen (secondary N) is 1. The topological polar surface area (TPSA) is 58.3 Å². The Kier molecular flexibility index (Phi) is 9.19. The maximum Gasteiger partial charge on any atom is 0.193 e. The molecule has 108 valence electrons. The summed E-state index contributed by atoms with van der Waals surface area (Å²) in [5.74, 6) is 1.75. The molecule has 7 heteroatoms. The van der Waals surface area contributed by atoms with Gasteiger partial charge in [-0.3, -0.25) is 4.99 Å². The van der Waals surface area contributed by atoms with Crippen LogP contribution >= 0.6 is 24.0 Å². The molecule has 0 spiro atoms. The van der Waals surface area contributed by atoms with Gasteiger partial charge in [-0.05, 0) is 12.8 Å². The number of aliphatic imine (C=N–C) groups is 1. The summed E-state index contributed by atoms with van der Waals surface area (Å²) in [4.78, 5) is 6.34. The van der Waals surface area contributed by atoms with Crippen molar-refractivity contribution in [2.75, 3.05) is 20.6 Å². The summed E-state index contributed by atoms with van der Waals surface area (Å²) in [6.45, 7) is 5.29. The van der Waals surface area contributed by atoms with Crippen LogP contribution in [0.2, 0.25) is 0 Å². The van der Waals surface area contributed by atoms with Gasteiger partial charge in [0.15, 0.2) is 11.8 Å². The fraction of sp³-hybridized carbons (Fsp3) is 0.583. The molecule has 6 nitrogen and oxygen atoms in total. The Morgan fingerprint density at radius 3 is 2.89 bits per heavy atom. The second-order valence-electron chi connectivity index (χ2n) is 4.11. The largest absolute Gasteiger partial charge is 0.349 e. The third kappa shape index (κ3) is 6.04. The summed E-state index contributed by atoms with van der Waals surface area (Å²) >= 11 is 0. The Hall–Kier alpha value is -1.12. The van der Waals surface area contributed by atoms with Crippen LogP contribution in [0.5, 0.6) is 0 Å². The molecule has 0 bridgehead atoms. The Morgan fingerprint density at radius 1 is 1.63 bits per heavy atom. The van der Waals surface area contributed by atoms with Crippen molar-refractivity contribution in [2.24, 2.45) is 12.0 Å². The highest BCUT2D eigenvalue weighted by Gasteiger charge is 2.06. The van der Waals surface area contributed by atoms with Gasteiger partial charge in [-0.15, -0.1) is 40.8 Å². The Balaban J connectivity index is 0.00000324. The molecule has 1 aromatic heterocycles. The highest BCUT2D eigenvalue weighted by Crippen LogP contribution is 1.96. The first-order chi connectivity index (χ1) is 8.69. The molecule has 0 radical (unpaired) electrons. The number of halogens is 1. The molecule has 0 aliphatic heterocycles. The van der Waals surface area contributed by atoms with Crippen molar-refractivity contribution >= 4 is 29.9 Å². The van der Waals surface area contributed by atoms with Gasteiger partial charge in [0.1, 0.15) is 6.33 Å². The predicted octanol–water partition coefficient (Wildman–Crippen LogP) is 1.41. The quantitative estimate of drug-likeness (QED) is 0.267. The number of rotatable bonds is 6. The molecule has 0 saturated heterocycles. The molecule has 0 amide bonds. The van der Waals surface area contributed by atoms with Crippen LogP contribution in [-0.4, -0.2) is 46.3 Å². The zero-order valence-electron chi connectivity index (χ0n) is 11.8. The molecular formula is C12H23IN6. The van der Waals surface area contributed by atoms with E-state index >= 15 is 0 Å². The highest BCUT2D eigenvalue weighted by atomic mass is 127. The number of allylic oxidation sites excluding steroid dienone is 1. The summed E-state index contributed by atoms with van der Waals surface area (Å²) in [5.41, 5.74) is 0. The zero-order chi connectivity index (χ0) is 13.4. The molecule has 1 N–H and O–H groups in total. The van der Waals surface area contributed by atoms with E-state index in [1.54, 1.807) is 13.4 Å². The van der Waals surface area contributed by atoms with Crippen molar-refractivity contribution in [3.63, 3.8) is 0 Å². The third-order valence-electron chi connectivity index (χ3n) is 2.68. The molecule has 0 atom stereocenters. The molecule has 1 aromatic rings. The van der Waals surface area contributed by atoms with Crippen LogP contribution in [0, 0.1) is 0 Å². The number of unbranched alkanes of at least 4 members (excludes halogenated alkanes) is 1. The number of aryl methyl sites for hydroxylation is 1. The van der Waals surface area contributed by atoms with E-state index < -0.39 is 0 Å². The highest BCUT2D eigenvalue weighted by molar-refractivity contribution is 14.0. The summed E-state index contributed by atoms with van der Waals surface area (Å²) in [7, 11) is 5.73. The van der Waals surface area contributed by atoms with Gasteiger partial charge in [0.05, 0.1) is 6.54 Å². The Morgan fingerprint density at radius 2 is 2.37 bits per heavy atom. The molecule has 0 unspecified atom stereocenters.